The lowest BCUT2D eigenvalue weighted by Crippen LogP contribution is -2.48. The van der Waals surface area contributed by atoms with Crippen molar-refractivity contribution in [3.05, 3.63) is 89.0 Å². The number of hydrogen-bond acceptors (Lipinski definition) is 10. The van der Waals surface area contributed by atoms with Crippen molar-refractivity contribution >= 4 is 41.3 Å². The van der Waals surface area contributed by atoms with Crippen molar-refractivity contribution in [3.63, 3.8) is 0 Å². The van der Waals surface area contributed by atoms with Crippen LogP contribution in [0.2, 0.25) is 0 Å². The molecule has 4 amide bonds. The Bertz CT molecular complexity index is 2210. The smallest absolute Gasteiger partial charge is 0.410 e. The zero-order valence-corrected chi connectivity index (χ0v) is 37.5. The number of anilines is 1. The normalized spacial score (nSPS) is 18.4. The van der Waals surface area contributed by atoms with Gasteiger partial charge in [-0.25, -0.2) is 23.4 Å². The van der Waals surface area contributed by atoms with Crippen molar-refractivity contribution in [1.82, 2.24) is 15.5 Å². The van der Waals surface area contributed by atoms with E-state index in [0.717, 1.165) is 36.1 Å². The monoisotopic (exact) mass is 883 g/mol. The first-order valence-electron chi connectivity index (χ1n) is 22.0. The van der Waals surface area contributed by atoms with E-state index in [0.29, 0.717) is 62.4 Å². The molecule has 16 heteroatoms. The highest BCUT2D eigenvalue weighted by Crippen LogP contribution is 2.32. The van der Waals surface area contributed by atoms with Gasteiger partial charge in [-0.2, -0.15) is 5.11 Å². The number of nitrogens with zero attached hydrogens (tertiary/aromatic N) is 4. The van der Waals surface area contributed by atoms with E-state index >= 15 is 8.78 Å². The molecule has 2 fully saturated rings. The fourth-order valence-electron chi connectivity index (χ4n) is 8.09. The second-order valence-corrected chi connectivity index (χ2v) is 18.8. The van der Waals surface area contributed by atoms with E-state index in [9.17, 15) is 24.0 Å². The summed E-state index contributed by atoms with van der Waals surface area (Å²) in [5.41, 5.74) is 0.824. The fraction of sp³-hybridized carbons (Fsp3) is 0.500. The number of ether oxygens (including phenoxy) is 2. The molecule has 0 radical (unpaired) electrons. The van der Waals surface area contributed by atoms with Gasteiger partial charge in [-0.05, 0) is 145 Å². The van der Waals surface area contributed by atoms with Crippen LogP contribution in [0.4, 0.5) is 24.1 Å². The van der Waals surface area contributed by atoms with Crippen molar-refractivity contribution in [2.45, 2.75) is 110 Å². The highest BCUT2D eigenvalue weighted by Gasteiger charge is 2.32. The lowest BCUT2D eigenvalue weighted by atomic mass is 9.77. The van der Waals surface area contributed by atoms with Gasteiger partial charge in [-0.15, -0.1) is 5.11 Å². The molecule has 0 aromatic heterocycles. The highest BCUT2D eigenvalue weighted by atomic mass is 19.1. The maximum Gasteiger partial charge on any atom is 0.410 e. The molecule has 342 valence electrons. The number of likely N-dealkylation sites (tertiary alicyclic amines) is 1. The van der Waals surface area contributed by atoms with Gasteiger partial charge in [0.2, 0.25) is 5.91 Å². The Balaban J connectivity index is 1.09. The van der Waals surface area contributed by atoms with Gasteiger partial charge in [0.15, 0.2) is 12.5 Å². The lowest BCUT2D eigenvalue weighted by molar-refractivity contribution is -0.129. The second-order valence-electron chi connectivity index (χ2n) is 18.8. The van der Waals surface area contributed by atoms with Crippen LogP contribution < -0.4 is 16.0 Å². The number of azo groups is 1. The minimum absolute atomic E-state index is 0.00314. The quantitative estimate of drug-likeness (QED) is 0.153. The van der Waals surface area contributed by atoms with E-state index in [4.69, 9.17) is 9.47 Å². The number of hydrogen-bond donors (Lipinski definition) is 3. The van der Waals surface area contributed by atoms with Gasteiger partial charge in [0.1, 0.15) is 34.2 Å². The van der Waals surface area contributed by atoms with Crippen LogP contribution in [0.3, 0.4) is 0 Å². The van der Waals surface area contributed by atoms with Crippen LogP contribution in [0, 0.1) is 29.4 Å². The molecule has 14 nitrogen and oxygen atoms in total. The largest absolute Gasteiger partial charge is 0.444 e. The Morgan fingerprint density at radius 3 is 1.97 bits per heavy atom. The third-order valence-corrected chi connectivity index (χ3v) is 11.4. The number of alkyl carbamates (subject to hydrolysis) is 1. The number of carbonyl (C=O) groups is 5. The summed E-state index contributed by atoms with van der Waals surface area (Å²) < 4.78 is 41.7. The van der Waals surface area contributed by atoms with E-state index in [1.54, 1.807) is 95.0 Å². The molecule has 3 aromatic rings. The molecule has 3 N–H and O–H groups in total. The molecule has 0 unspecified atom stereocenters. The molecule has 6 rings (SSSR count). The third kappa shape index (κ3) is 13.5. The molecule has 0 spiro atoms. The number of nitrogens with one attached hydrogen (secondary N) is 3. The summed E-state index contributed by atoms with van der Waals surface area (Å²) in [4.78, 5) is 71.2. The van der Waals surface area contributed by atoms with Crippen LogP contribution in [0.15, 0.2) is 75.9 Å². The van der Waals surface area contributed by atoms with Crippen LogP contribution >= 0.6 is 0 Å². The Morgan fingerprint density at radius 2 is 1.39 bits per heavy atom. The highest BCUT2D eigenvalue weighted by molar-refractivity contribution is 6.01. The van der Waals surface area contributed by atoms with E-state index in [1.165, 1.54) is 0 Å². The predicted octanol–water partition coefficient (Wildman–Crippen LogP) is 9.02. The molecule has 64 heavy (non-hydrogen) atoms. The molecule has 2 heterocycles. The summed E-state index contributed by atoms with van der Waals surface area (Å²) in [5, 5.41) is 16.4. The molecule has 0 bridgehead atoms. The second kappa shape index (κ2) is 20.6. The lowest BCUT2D eigenvalue weighted by Gasteiger charge is -2.33. The molecule has 1 saturated carbocycles. The number of halogens is 2. The zero-order chi connectivity index (χ0) is 46.2. The summed E-state index contributed by atoms with van der Waals surface area (Å²) in [6.07, 6.45) is 2.94. The number of amidine groups is 1. The maximum atomic E-state index is 15.5. The van der Waals surface area contributed by atoms with E-state index < -0.39 is 52.4 Å². The average molecular weight is 884 g/mol. The number of ketones is 1. The molecule has 3 aromatic carbocycles. The van der Waals surface area contributed by atoms with Crippen molar-refractivity contribution in [3.8, 4) is 11.1 Å². The molecule has 3 aliphatic rings. The van der Waals surface area contributed by atoms with Gasteiger partial charge in [0.05, 0.1) is 0 Å². The van der Waals surface area contributed by atoms with E-state index in [2.05, 4.69) is 31.2 Å². The maximum absolute atomic E-state index is 15.5. The van der Waals surface area contributed by atoms with E-state index in [1.807, 2.05) is 0 Å². The van der Waals surface area contributed by atoms with Crippen LogP contribution in [-0.4, -0.2) is 84.1 Å². The molecular weight excluding hydrogens is 825 g/mol. The minimum Gasteiger partial charge on any atom is -0.444 e. The third-order valence-electron chi connectivity index (χ3n) is 11.4. The van der Waals surface area contributed by atoms with Crippen molar-refractivity contribution in [2.24, 2.45) is 33.0 Å². The number of carbonyl (C=O) groups excluding carboxylic acids is 5. The van der Waals surface area contributed by atoms with E-state index in [-0.39, 0.29) is 54.6 Å². The standard InChI is InChI=1S/C48H59F2N7O7/c1-47(2,3)63-45(61)51-27-30-9-13-32(14-10-30)40(58)26-35(43(59)54-36-17-15-33(16-18-36)42-52-28-53-56-42)23-29-7-11-31(12-8-29)34-24-38(49)41(39(50)25-34)44(60)55-37-19-21-57(22-20-37)46(62)64-48(4,5)6/h7-8,11-12,15-18,24-25,30,32,35,37H,9-10,13-14,19-23,26-28H2,1-6H3,(H,51,61)(H,54,59)(H,55,60)/t30?,32?,35-/m1/s1. The topological polar surface area (TPSA) is 180 Å². The van der Waals surface area contributed by atoms with Crippen molar-refractivity contribution < 1.29 is 42.2 Å². The number of aliphatic imine (C=N–C) groups is 1. The van der Waals surface area contributed by atoms with Gasteiger partial charge in [0.25, 0.3) is 5.91 Å². The van der Waals surface area contributed by atoms with Crippen LogP contribution in [0.1, 0.15) is 108 Å². The summed E-state index contributed by atoms with van der Waals surface area (Å²) in [6, 6.07) is 15.8. The van der Waals surface area contributed by atoms with Crippen molar-refractivity contribution in [1.29, 1.82) is 0 Å². The Kier molecular flexibility index (Phi) is 15.3. The number of amides is 4. The number of rotatable bonds is 13. The minimum atomic E-state index is -1.01. The summed E-state index contributed by atoms with van der Waals surface area (Å²) in [6.45, 7) is 12.2. The van der Waals surface area contributed by atoms with Gasteiger partial charge in [-0.3, -0.25) is 14.4 Å². The molecular formula is C48H59F2N7O7. The Hall–Kier alpha value is -6.06. The Morgan fingerprint density at radius 1 is 0.781 bits per heavy atom. The first kappa shape index (κ1) is 47.4. The van der Waals surface area contributed by atoms with Gasteiger partial charge in [0, 0.05) is 55.2 Å². The molecule has 1 saturated heterocycles. The SMILES string of the molecule is CC(C)(C)OC(=O)NCC1CCC(C(=O)C[C@@H](Cc2ccc(-c3cc(F)c(C(=O)NC4CCN(C(=O)OC(C)(C)C)CC4)c(F)c3)cc2)C(=O)Nc2ccc(C3=NCN=N3)cc2)CC1. The van der Waals surface area contributed by atoms with Crippen LogP contribution in [-0.2, 0) is 25.5 Å². The van der Waals surface area contributed by atoms with Gasteiger partial charge in [-0.1, -0.05) is 24.3 Å². The van der Waals surface area contributed by atoms with Crippen LogP contribution in [0.25, 0.3) is 11.1 Å². The number of benzene rings is 3. The number of piperidine rings is 1. The van der Waals surface area contributed by atoms with Gasteiger partial charge < -0.3 is 30.3 Å². The summed E-state index contributed by atoms with van der Waals surface area (Å²) in [7, 11) is 0. The number of Topliss-reactive ketones (excluding diaryl/α,β-unsaturated/α-hetero) is 1. The van der Waals surface area contributed by atoms with Crippen molar-refractivity contribution in [2.75, 3.05) is 31.6 Å². The molecule has 1 aliphatic carbocycles. The first-order chi connectivity index (χ1) is 30.3. The predicted molar refractivity (Wildman–Crippen MR) is 238 cm³/mol. The fourth-order valence-corrected chi connectivity index (χ4v) is 8.09. The van der Waals surface area contributed by atoms with Gasteiger partial charge >= 0.3 is 12.2 Å². The summed E-state index contributed by atoms with van der Waals surface area (Å²) in [5.74, 6) is -3.46. The zero-order valence-electron chi connectivity index (χ0n) is 37.5. The molecule has 2 aliphatic heterocycles. The first-order valence-corrected chi connectivity index (χ1v) is 22.0. The summed E-state index contributed by atoms with van der Waals surface area (Å²) >= 11 is 0. The molecule has 1 atom stereocenters. The van der Waals surface area contributed by atoms with Crippen LogP contribution in [0.5, 0.6) is 0 Å². The Labute approximate surface area is 373 Å². The average Bonchev–Trinajstić information content (AvgIpc) is 3.78.